The summed E-state index contributed by atoms with van der Waals surface area (Å²) in [5, 5.41) is 29.1. The van der Waals surface area contributed by atoms with Crippen molar-refractivity contribution in [2.45, 2.75) is 6.92 Å². The van der Waals surface area contributed by atoms with Gasteiger partial charge in [-0.15, -0.1) is 0 Å². The van der Waals surface area contributed by atoms with Crippen molar-refractivity contribution in [1.82, 2.24) is 10.2 Å². The maximum absolute atomic E-state index is 11.9. The Morgan fingerprint density at radius 3 is 2.40 bits per heavy atom. The maximum atomic E-state index is 11.9. The number of aliphatic hydroxyl groups is 2. The van der Waals surface area contributed by atoms with Crippen molar-refractivity contribution < 1.29 is 24.5 Å². The highest BCUT2D eigenvalue weighted by molar-refractivity contribution is 5.97. The van der Waals surface area contributed by atoms with E-state index in [4.69, 9.17) is 15.5 Å². The van der Waals surface area contributed by atoms with Crippen molar-refractivity contribution in [2.24, 2.45) is 0 Å². The third kappa shape index (κ3) is 6.72. The Kier molecular flexibility index (Phi) is 9.64. The Hall–Kier alpha value is -2.11. The Morgan fingerprint density at radius 2 is 1.95 bits per heavy atom. The number of nitrogens with one attached hydrogen (secondary N) is 1. The van der Waals surface area contributed by atoms with Crippen LogP contribution >= 0.6 is 0 Å². The number of carbonyl (C=O) groups excluding carboxylic acids is 2. The zero-order valence-corrected chi connectivity index (χ0v) is 11.3. The van der Waals surface area contributed by atoms with Gasteiger partial charge in [0.25, 0.3) is 5.91 Å². The molecule has 0 saturated heterocycles. The first kappa shape index (κ1) is 17.9. The third-order valence-corrected chi connectivity index (χ3v) is 2.18. The highest BCUT2D eigenvalue weighted by atomic mass is 16.5. The van der Waals surface area contributed by atoms with Crippen LogP contribution in [0.3, 0.4) is 0 Å². The van der Waals surface area contributed by atoms with E-state index in [1.165, 1.54) is 0 Å². The molecule has 112 valence electrons. The zero-order valence-electron chi connectivity index (χ0n) is 11.3. The molecule has 0 aliphatic rings. The van der Waals surface area contributed by atoms with Crippen LogP contribution in [-0.2, 0) is 14.3 Å². The Labute approximate surface area is 117 Å². The lowest BCUT2D eigenvalue weighted by molar-refractivity contribution is -0.141. The molecule has 8 nitrogen and oxygen atoms in total. The van der Waals surface area contributed by atoms with Gasteiger partial charge in [-0.1, -0.05) is 0 Å². The van der Waals surface area contributed by atoms with Crippen molar-refractivity contribution in [3.63, 3.8) is 0 Å². The molecule has 0 saturated carbocycles. The molecule has 8 heteroatoms. The number of nitrogens with zero attached hydrogens (tertiary/aromatic N) is 2. The third-order valence-electron chi connectivity index (χ3n) is 2.18. The van der Waals surface area contributed by atoms with E-state index in [2.05, 4.69) is 10.1 Å². The summed E-state index contributed by atoms with van der Waals surface area (Å²) in [6.07, 6.45) is 1.11. The Balaban J connectivity index is 4.59. The molecule has 0 unspecified atom stereocenters. The normalized spacial score (nSPS) is 10.6. The molecule has 0 aromatic carbocycles. The number of esters is 1. The van der Waals surface area contributed by atoms with Crippen LogP contribution in [0.25, 0.3) is 0 Å². The summed E-state index contributed by atoms with van der Waals surface area (Å²) in [6, 6.07) is 1.70. The van der Waals surface area contributed by atoms with E-state index in [0.29, 0.717) is 0 Å². The lowest BCUT2D eigenvalue weighted by Crippen LogP contribution is -2.37. The van der Waals surface area contributed by atoms with Crippen molar-refractivity contribution >= 4 is 11.9 Å². The minimum absolute atomic E-state index is 0.0102. The van der Waals surface area contributed by atoms with Crippen LogP contribution in [0.15, 0.2) is 11.8 Å². The van der Waals surface area contributed by atoms with E-state index in [-0.39, 0.29) is 45.0 Å². The molecule has 0 atom stereocenters. The summed E-state index contributed by atoms with van der Waals surface area (Å²) in [7, 11) is 0. The van der Waals surface area contributed by atoms with Gasteiger partial charge in [-0.2, -0.15) is 5.26 Å². The predicted molar refractivity (Wildman–Crippen MR) is 69.1 cm³/mol. The minimum atomic E-state index is -0.632. The monoisotopic (exact) mass is 285 g/mol. The molecular formula is C12H19N3O5. The molecule has 1 amide bonds. The number of nitriles is 1. The van der Waals surface area contributed by atoms with Gasteiger partial charge in [0.2, 0.25) is 0 Å². The molecule has 0 aliphatic heterocycles. The zero-order chi connectivity index (χ0) is 15.4. The summed E-state index contributed by atoms with van der Waals surface area (Å²) in [4.78, 5) is 24.1. The van der Waals surface area contributed by atoms with Gasteiger partial charge in [0.05, 0.1) is 19.8 Å². The fourth-order valence-corrected chi connectivity index (χ4v) is 1.32. The van der Waals surface area contributed by atoms with Crippen LogP contribution in [0.5, 0.6) is 0 Å². The average molecular weight is 285 g/mol. The molecule has 0 bridgehead atoms. The number of carbonyl (C=O) groups is 2. The van der Waals surface area contributed by atoms with Gasteiger partial charge in [-0.05, 0) is 6.92 Å². The lowest BCUT2D eigenvalue weighted by Gasteiger charge is -2.19. The van der Waals surface area contributed by atoms with Crippen LogP contribution < -0.4 is 5.32 Å². The van der Waals surface area contributed by atoms with E-state index in [0.717, 1.165) is 11.1 Å². The number of ether oxygens (including phenoxy) is 1. The van der Waals surface area contributed by atoms with Crippen LogP contribution in [0.1, 0.15) is 6.92 Å². The van der Waals surface area contributed by atoms with Gasteiger partial charge < -0.3 is 25.2 Å². The molecule has 20 heavy (non-hydrogen) atoms. The van der Waals surface area contributed by atoms with E-state index in [1.54, 1.807) is 13.0 Å². The SMILES string of the molecule is CCOC(=O)CN/C=C(/C#N)C(=O)N(CCO)CCO. The number of aliphatic hydroxyl groups excluding tert-OH is 2. The first-order valence-electron chi connectivity index (χ1n) is 6.10. The highest BCUT2D eigenvalue weighted by Gasteiger charge is 2.17. The van der Waals surface area contributed by atoms with Gasteiger partial charge >= 0.3 is 5.97 Å². The predicted octanol–water partition coefficient (Wildman–Crippen LogP) is -1.64. The van der Waals surface area contributed by atoms with Crippen molar-refractivity contribution in [3.8, 4) is 6.07 Å². The van der Waals surface area contributed by atoms with Gasteiger partial charge in [0, 0.05) is 19.3 Å². The van der Waals surface area contributed by atoms with Crippen LogP contribution in [-0.4, -0.2) is 66.4 Å². The molecule has 0 fully saturated rings. The number of rotatable bonds is 9. The van der Waals surface area contributed by atoms with E-state index < -0.39 is 11.9 Å². The molecule has 3 N–H and O–H groups in total. The largest absolute Gasteiger partial charge is 0.465 e. The maximum Gasteiger partial charge on any atom is 0.325 e. The molecule has 0 radical (unpaired) electrons. The fourth-order valence-electron chi connectivity index (χ4n) is 1.32. The molecule has 0 rings (SSSR count). The van der Waals surface area contributed by atoms with Gasteiger partial charge in [0.1, 0.15) is 18.2 Å². The first-order chi connectivity index (χ1) is 9.60. The number of hydrogen-bond acceptors (Lipinski definition) is 7. The van der Waals surface area contributed by atoms with Gasteiger partial charge in [-0.3, -0.25) is 9.59 Å². The second-order valence-corrected chi connectivity index (χ2v) is 3.60. The lowest BCUT2D eigenvalue weighted by atomic mass is 10.2. The van der Waals surface area contributed by atoms with Crippen LogP contribution in [0.2, 0.25) is 0 Å². The minimum Gasteiger partial charge on any atom is -0.465 e. The molecule has 0 aromatic heterocycles. The summed E-state index contributed by atoms with van der Waals surface area (Å²) in [5.74, 6) is -1.14. The van der Waals surface area contributed by atoms with E-state index >= 15 is 0 Å². The van der Waals surface area contributed by atoms with Gasteiger partial charge in [-0.25, -0.2) is 0 Å². The molecule has 0 spiro atoms. The molecule has 0 aliphatic carbocycles. The average Bonchev–Trinajstić information content (AvgIpc) is 2.43. The summed E-state index contributed by atoms with van der Waals surface area (Å²) in [6.45, 7) is 1.22. The van der Waals surface area contributed by atoms with Crippen LogP contribution in [0.4, 0.5) is 0 Å². The molecule has 0 aromatic rings. The Bertz CT molecular complexity index is 383. The second-order valence-electron chi connectivity index (χ2n) is 3.60. The highest BCUT2D eigenvalue weighted by Crippen LogP contribution is 2.00. The standard InChI is InChI=1S/C12H19N3O5/c1-2-20-11(18)9-14-8-10(7-13)12(19)15(3-5-16)4-6-17/h8,14,16-17H,2-6,9H2,1H3/b10-8-. The number of hydrogen-bond donors (Lipinski definition) is 3. The first-order valence-corrected chi connectivity index (χ1v) is 6.10. The smallest absolute Gasteiger partial charge is 0.325 e. The van der Waals surface area contributed by atoms with E-state index in [9.17, 15) is 9.59 Å². The fraction of sp³-hybridized carbons (Fsp3) is 0.583. The van der Waals surface area contributed by atoms with Gasteiger partial charge in [0.15, 0.2) is 0 Å². The quantitative estimate of drug-likeness (QED) is 0.264. The molecular weight excluding hydrogens is 266 g/mol. The summed E-state index contributed by atoms with van der Waals surface area (Å²) < 4.78 is 4.67. The van der Waals surface area contributed by atoms with Crippen molar-refractivity contribution in [1.29, 1.82) is 5.26 Å². The number of amides is 1. The van der Waals surface area contributed by atoms with E-state index in [1.807, 2.05) is 0 Å². The Morgan fingerprint density at radius 1 is 1.35 bits per heavy atom. The van der Waals surface area contributed by atoms with Crippen molar-refractivity contribution in [3.05, 3.63) is 11.8 Å². The topological polar surface area (TPSA) is 123 Å². The van der Waals surface area contributed by atoms with Crippen LogP contribution in [0, 0.1) is 11.3 Å². The van der Waals surface area contributed by atoms with Crippen molar-refractivity contribution in [2.75, 3.05) is 39.5 Å². The summed E-state index contributed by atoms with van der Waals surface area (Å²) >= 11 is 0. The summed E-state index contributed by atoms with van der Waals surface area (Å²) in [5.41, 5.74) is -0.226. The second kappa shape index (κ2) is 10.8. The molecule has 0 heterocycles.